The minimum Gasteiger partial charge on any atom is -0.485 e. The summed E-state index contributed by atoms with van der Waals surface area (Å²) >= 11 is 3.17. The number of aliphatic hydroxyl groups excluding tert-OH is 1. The van der Waals surface area contributed by atoms with Crippen LogP contribution in [-0.2, 0) is 0 Å². The van der Waals surface area contributed by atoms with Crippen molar-refractivity contribution >= 4 is 15.9 Å². The van der Waals surface area contributed by atoms with Gasteiger partial charge in [0.15, 0.2) is 0 Å². The molecule has 19 heavy (non-hydrogen) atoms. The monoisotopic (exact) mass is 322 g/mol. The third-order valence-electron chi connectivity index (χ3n) is 3.30. The molecule has 0 aromatic heterocycles. The molecule has 0 saturated carbocycles. The third-order valence-corrected chi connectivity index (χ3v) is 3.91. The maximum atomic E-state index is 13.2. The van der Waals surface area contributed by atoms with Crippen LogP contribution in [0.15, 0.2) is 46.9 Å². The molecule has 1 aliphatic heterocycles. The van der Waals surface area contributed by atoms with Crippen molar-refractivity contribution in [2.75, 3.05) is 0 Å². The summed E-state index contributed by atoms with van der Waals surface area (Å²) in [5.74, 6) is 0.382. The maximum Gasteiger partial charge on any atom is 0.137 e. The van der Waals surface area contributed by atoms with Crippen LogP contribution in [0.1, 0.15) is 29.8 Å². The van der Waals surface area contributed by atoms with Crippen LogP contribution >= 0.6 is 15.9 Å². The van der Waals surface area contributed by atoms with Gasteiger partial charge in [0.25, 0.3) is 0 Å². The maximum absolute atomic E-state index is 13.2. The predicted molar refractivity (Wildman–Crippen MR) is 73.5 cm³/mol. The number of hydrogen-bond donors (Lipinski definition) is 1. The number of para-hydroxylation sites is 1. The van der Waals surface area contributed by atoms with Crippen LogP contribution in [0, 0.1) is 5.82 Å². The fourth-order valence-electron chi connectivity index (χ4n) is 2.31. The Labute approximate surface area is 119 Å². The Balaban J connectivity index is 1.94. The van der Waals surface area contributed by atoms with E-state index in [-0.39, 0.29) is 11.9 Å². The van der Waals surface area contributed by atoms with Crippen molar-refractivity contribution < 1.29 is 14.2 Å². The second kappa shape index (κ2) is 4.94. The molecule has 0 radical (unpaired) electrons. The van der Waals surface area contributed by atoms with Crippen molar-refractivity contribution in [1.82, 2.24) is 0 Å². The van der Waals surface area contributed by atoms with Crippen molar-refractivity contribution in [3.63, 3.8) is 0 Å². The van der Waals surface area contributed by atoms with E-state index >= 15 is 0 Å². The van der Waals surface area contributed by atoms with Crippen LogP contribution in [-0.4, -0.2) is 5.11 Å². The van der Waals surface area contributed by atoms with Gasteiger partial charge in [0.1, 0.15) is 17.7 Å². The summed E-state index contributed by atoms with van der Waals surface area (Å²) in [5.41, 5.74) is 1.65. The minimum atomic E-state index is -0.557. The van der Waals surface area contributed by atoms with E-state index < -0.39 is 6.10 Å². The first kappa shape index (κ1) is 12.6. The molecule has 2 nitrogen and oxygen atoms in total. The number of halogens is 2. The molecule has 3 rings (SSSR count). The van der Waals surface area contributed by atoms with E-state index in [1.54, 1.807) is 12.1 Å². The number of fused-ring (bicyclic) bond motifs is 1. The largest absolute Gasteiger partial charge is 0.485 e. The first-order valence-corrected chi connectivity index (χ1v) is 6.83. The van der Waals surface area contributed by atoms with Gasteiger partial charge in [0, 0.05) is 12.0 Å². The average molecular weight is 323 g/mol. The zero-order chi connectivity index (χ0) is 13.4. The van der Waals surface area contributed by atoms with Gasteiger partial charge in [-0.05, 0) is 39.7 Å². The molecule has 1 N–H and O–H groups in total. The Hall–Kier alpha value is -1.39. The van der Waals surface area contributed by atoms with Crippen molar-refractivity contribution in [3.05, 3.63) is 63.9 Å². The van der Waals surface area contributed by atoms with E-state index in [1.165, 1.54) is 6.07 Å². The standard InChI is InChI=1S/C15H12BrFO2/c16-11-7-9(5-6-12(11)17)15-8-13(18)10-3-1-2-4-14(10)19-15/h1-7,13,15,18H,8H2. The second-order valence-corrected chi connectivity index (χ2v) is 5.42. The van der Waals surface area contributed by atoms with Crippen LogP contribution in [0.3, 0.4) is 0 Å². The molecule has 1 aliphatic rings. The van der Waals surface area contributed by atoms with Crippen molar-refractivity contribution in [2.24, 2.45) is 0 Å². The van der Waals surface area contributed by atoms with Crippen molar-refractivity contribution in [2.45, 2.75) is 18.6 Å². The topological polar surface area (TPSA) is 29.5 Å². The molecule has 0 aliphatic carbocycles. The van der Waals surface area contributed by atoms with Crippen molar-refractivity contribution in [1.29, 1.82) is 0 Å². The van der Waals surface area contributed by atoms with Gasteiger partial charge in [-0.3, -0.25) is 0 Å². The van der Waals surface area contributed by atoms with E-state index in [4.69, 9.17) is 4.74 Å². The highest BCUT2D eigenvalue weighted by Gasteiger charge is 2.27. The lowest BCUT2D eigenvalue weighted by Gasteiger charge is -2.30. The van der Waals surface area contributed by atoms with E-state index in [1.807, 2.05) is 24.3 Å². The van der Waals surface area contributed by atoms with Gasteiger partial charge in [-0.2, -0.15) is 0 Å². The fourth-order valence-corrected chi connectivity index (χ4v) is 2.71. The normalized spacial score (nSPS) is 21.6. The van der Waals surface area contributed by atoms with Gasteiger partial charge in [-0.1, -0.05) is 24.3 Å². The first-order chi connectivity index (χ1) is 9.15. The number of benzene rings is 2. The Bertz CT molecular complexity index is 615. The molecule has 4 heteroatoms. The highest BCUT2D eigenvalue weighted by Crippen LogP contribution is 2.40. The molecule has 0 amide bonds. The summed E-state index contributed by atoms with van der Waals surface area (Å²) in [6, 6.07) is 12.2. The van der Waals surface area contributed by atoms with Crippen LogP contribution in [0.4, 0.5) is 4.39 Å². The number of hydrogen-bond acceptors (Lipinski definition) is 2. The van der Waals surface area contributed by atoms with Gasteiger partial charge >= 0.3 is 0 Å². The highest BCUT2D eigenvalue weighted by atomic mass is 79.9. The summed E-state index contributed by atoms with van der Waals surface area (Å²) in [4.78, 5) is 0. The molecular formula is C15H12BrFO2. The number of ether oxygens (including phenoxy) is 1. The van der Waals surface area contributed by atoms with Crippen molar-refractivity contribution in [3.8, 4) is 5.75 Å². The Kier molecular flexibility index (Phi) is 3.29. The molecule has 2 aromatic rings. The predicted octanol–water partition coefficient (Wildman–Crippen LogP) is 4.15. The molecule has 0 bridgehead atoms. The molecule has 2 aromatic carbocycles. The van der Waals surface area contributed by atoms with Crippen LogP contribution in [0.2, 0.25) is 0 Å². The molecule has 2 atom stereocenters. The summed E-state index contributed by atoms with van der Waals surface area (Å²) in [6.07, 6.45) is -0.352. The second-order valence-electron chi connectivity index (χ2n) is 4.57. The zero-order valence-corrected chi connectivity index (χ0v) is 11.6. The first-order valence-electron chi connectivity index (χ1n) is 6.04. The quantitative estimate of drug-likeness (QED) is 0.854. The molecular weight excluding hydrogens is 311 g/mol. The summed E-state index contributed by atoms with van der Waals surface area (Å²) < 4.78 is 19.5. The smallest absolute Gasteiger partial charge is 0.137 e. The zero-order valence-electron chi connectivity index (χ0n) is 10.0. The van der Waals surface area contributed by atoms with Crippen LogP contribution < -0.4 is 4.74 Å². The minimum absolute atomic E-state index is 0.262. The summed E-state index contributed by atoms with van der Waals surface area (Å²) in [6.45, 7) is 0. The number of aliphatic hydroxyl groups is 1. The molecule has 0 fully saturated rings. The lowest BCUT2D eigenvalue weighted by molar-refractivity contribution is 0.0657. The molecule has 0 spiro atoms. The lowest BCUT2D eigenvalue weighted by Crippen LogP contribution is -2.19. The van der Waals surface area contributed by atoms with E-state index in [0.717, 1.165) is 11.1 Å². The molecule has 98 valence electrons. The van der Waals surface area contributed by atoms with Crippen LogP contribution in [0.25, 0.3) is 0 Å². The van der Waals surface area contributed by atoms with Gasteiger partial charge in [-0.15, -0.1) is 0 Å². The molecule has 1 heterocycles. The van der Waals surface area contributed by atoms with E-state index in [9.17, 15) is 9.50 Å². The lowest BCUT2D eigenvalue weighted by atomic mass is 9.95. The van der Waals surface area contributed by atoms with Gasteiger partial charge in [0.2, 0.25) is 0 Å². The highest BCUT2D eigenvalue weighted by molar-refractivity contribution is 9.10. The van der Waals surface area contributed by atoms with Gasteiger partial charge in [0.05, 0.1) is 10.6 Å². The number of rotatable bonds is 1. The van der Waals surface area contributed by atoms with E-state index in [2.05, 4.69) is 15.9 Å². The molecule has 2 unspecified atom stereocenters. The Morgan fingerprint density at radius 1 is 1.21 bits per heavy atom. The molecule has 0 saturated heterocycles. The Morgan fingerprint density at radius 2 is 2.00 bits per heavy atom. The van der Waals surface area contributed by atoms with Crippen LogP contribution in [0.5, 0.6) is 5.75 Å². The van der Waals surface area contributed by atoms with Gasteiger partial charge < -0.3 is 9.84 Å². The summed E-state index contributed by atoms with van der Waals surface area (Å²) in [5, 5.41) is 10.2. The summed E-state index contributed by atoms with van der Waals surface area (Å²) in [7, 11) is 0. The third kappa shape index (κ3) is 2.38. The Morgan fingerprint density at radius 3 is 2.79 bits per heavy atom. The van der Waals surface area contributed by atoms with E-state index in [0.29, 0.717) is 16.6 Å². The average Bonchev–Trinajstić information content (AvgIpc) is 2.42. The van der Waals surface area contributed by atoms with Gasteiger partial charge in [-0.25, -0.2) is 4.39 Å². The SMILES string of the molecule is OC1CC(c2ccc(F)c(Br)c2)Oc2ccccc21. The fraction of sp³-hybridized carbons (Fsp3) is 0.200.